The molecule has 1 aromatic carbocycles. The van der Waals surface area contributed by atoms with Crippen LogP contribution in [0.15, 0.2) is 35.5 Å². The van der Waals surface area contributed by atoms with Gasteiger partial charge < -0.3 is 10.2 Å². The summed E-state index contributed by atoms with van der Waals surface area (Å²) in [5.74, 6) is -0.151. The zero-order valence-electron chi connectivity index (χ0n) is 17.1. The van der Waals surface area contributed by atoms with E-state index in [-0.39, 0.29) is 11.7 Å². The Bertz CT molecular complexity index is 1010. The van der Waals surface area contributed by atoms with Gasteiger partial charge in [0.25, 0.3) is 5.91 Å². The number of carbonyl (C=O) groups is 2. The highest BCUT2D eigenvalue weighted by Gasteiger charge is 2.23. The van der Waals surface area contributed by atoms with Gasteiger partial charge in [-0.3, -0.25) is 14.5 Å². The number of piperazine rings is 1. The summed E-state index contributed by atoms with van der Waals surface area (Å²) in [4.78, 5) is 36.9. The van der Waals surface area contributed by atoms with Crippen LogP contribution >= 0.6 is 11.6 Å². The van der Waals surface area contributed by atoms with E-state index in [1.54, 1.807) is 26.2 Å². The van der Waals surface area contributed by atoms with E-state index in [9.17, 15) is 9.59 Å². The number of halogens is 1. The summed E-state index contributed by atoms with van der Waals surface area (Å²) in [6, 6.07) is 7.66. The number of pyridine rings is 1. The molecule has 30 heavy (non-hydrogen) atoms. The van der Waals surface area contributed by atoms with Crippen molar-refractivity contribution in [2.24, 2.45) is 4.99 Å². The molecular formula is C22H24ClN5O2. The van der Waals surface area contributed by atoms with Gasteiger partial charge in [0.15, 0.2) is 5.78 Å². The summed E-state index contributed by atoms with van der Waals surface area (Å²) in [5.41, 5.74) is 4.65. The summed E-state index contributed by atoms with van der Waals surface area (Å²) in [6.45, 7) is 6.00. The molecule has 1 amide bonds. The second kappa shape index (κ2) is 8.53. The number of aliphatic imine (C=N–C) groups is 1. The molecule has 0 aliphatic carbocycles. The number of hydrogen-bond acceptors (Lipinski definition) is 6. The van der Waals surface area contributed by atoms with Crippen molar-refractivity contribution in [1.82, 2.24) is 15.2 Å². The van der Waals surface area contributed by atoms with Crippen molar-refractivity contribution >= 4 is 40.4 Å². The number of rotatable bonds is 4. The molecule has 1 N–H and O–H groups in total. The topological polar surface area (TPSA) is 77.9 Å². The quantitative estimate of drug-likeness (QED) is 0.814. The standard InChI is InChI=1S/C22H24ClN5O2/c1-14-20(29)11-17-18(26-14)5-3-15(21(17)23)13-27-7-9-28(10-8-27)16-4-6-19(25-12-16)22(30)24-2/h3-6,12H,7-11,13H2,1-2H3,(H,24,30). The molecule has 1 fully saturated rings. The highest BCUT2D eigenvalue weighted by atomic mass is 35.5. The van der Waals surface area contributed by atoms with Gasteiger partial charge in [0.05, 0.1) is 28.3 Å². The summed E-state index contributed by atoms with van der Waals surface area (Å²) >= 11 is 6.64. The van der Waals surface area contributed by atoms with Crippen LogP contribution in [0.5, 0.6) is 0 Å². The molecule has 3 heterocycles. The van der Waals surface area contributed by atoms with Crippen molar-refractivity contribution in [3.8, 4) is 0 Å². The van der Waals surface area contributed by atoms with Gasteiger partial charge in [-0.25, -0.2) is 9.98 Å². The Kier molecular flexibility index (Phi) is 5.83. The van der Waals surface area contributed by atoms with Gasteiger partial charge in [0.1, 0.15) is 5.69 Å². The Morgan fingerprint density at radius 2 is 1.93 bits per heavy atom. The lowest BCUT2D eigenvalue weighted by atomic mass is 9.98. The molecule has 0 unspecified atom stereocenters. The van der Waals surface area contributed by atoms with Crippen LogP contribution in [0.3, 0.4) is 0 Å². The number of benzene rings is 1. The Hall–Kier alpha value is -2.77. The molecule has 4 rings (SSSR count). The maximum Gasteiger partial charge on any atom is 0.269 e. The summed E-state index contributed by atoms with van der Waals surface area (Å²) < 4.78 is 0. The predicted octanol–water partition coefficient (Wildman–Crippen LogP) is 2.63. The minimum atomic E-state index is -0.184. The third kappa shape index (κ3) is 4.08. The Labute approximate surface area is 180 Å². The molecule has 8 heteroatoms. The van der Waals surface area contributed by atoms with Crippen LogP contribution in [0, 0.1) is 0 Å². The van der Waals surface area contributed by atoms with E-state index in [0.29, 0.717) is 22.8 Å². The molecule has 0 radical (unpaired) electrons. The summed E-state index contributed by atoms with van der Waals surface area (Å²) in [5, 5.41) is 3.24. The number of anilines is 1. The molecule has 1 aromatic heterocycles. The number of ketones is 1. The van der Waals surface area contributed by atoms with E-state index in [0.717, 1.165) is 55.2 Å². The molecular weight excluding hydrogens is 402 g/mol. The van der Waals surface area contributed by atoms with Gasteiger partial charge in [0, 0.05) is 51.8 Å². The van der Waals surface area contributed by atoms with Gasteiger partial charge in [-0.15, -0.1) is 0 Å². The van der Waals surface area contributed by atoms with E-state index < -0.39 is 0 Å². The van der Waals surface area contributed by atoms with Crippen molar-refractivity contribution in [1.29, 1.82) is 0 Å². The maximum absolute atomic E-state index is 12.0. The SMILES string of the molecule is CNC(=O)c1ccc(N2CCN(Cc3ccc4c(c3Cl)CC(=O)C(C)=N4)CC2)cn1. The molecule has 7 nitrogen and oxygen atoms in total. The van der Waals surface area contributed by atoms with E-state index in [1.807, 2.05) is 18.2 Å². The highest BCUT2D eigenvalue weighted by Crippen LogP contribution is 2.34. The number of aromatic nitrogens is 1. The number of amides is 1. The van der Waals surface area contributed by atoms with E-state index in [4.69, 9.17) is 11.6 Å². The van der Waals surface area contributed by atoms with Crippen molar-refractivity contribution < 1.29 is 9.59 Å². The fraction of sp³-hybridized carbons (Fsp3) is 0.364. The lowest BCUT2D eigenvalue weighted by molar-refractivity contribution is -0.112. The fourth-order valence-electron chi connectivity index (χ4n) is 3.83. The minimum Gasteiger partial charge on any atom is -0.368 e. The van der Waals surface area contributed by atoms with Crippen molar-refractivity contribution in [2.45, 2.75) is 19.9 Å². The first kappa shape index (κ1) is 20.5. The van der Waals surface area contributed by atoms with Gasteiger partial charge in [-0.1, -0.05) is 17.7 Å². The van der Waals surface area contributed by atoms with Gasteiger partial charge in [0.2, 0.25) is 0 Å². The average Bonchev–Trinajstić information content (AvgIpc) is 2.77. The molecule has 1 saturated heterocycles. The number of Topliss-reactive ketones (excluding diaryl/α,β-unsaturated/α-hetero) is 1. The van der Waals surface area contributed by atoms with Crippen LogP contribution in [0.2, 0.25) is 5.02 Å². The van der Waals surface area contributed by atoms with Crippen LogP contribution in [-0.2, 0) is 17.8 Å². The van der Waals surface area contributed by atoms with E-state index in [2.05, 4.69) is 25.1 Å². The van der Waals surface area contributed by atoms with Crippen molar-refractivity contribution in [2.75, 3.05) is 38.1 Å². The van der Waals surface area contributed by atoms with Crippen LogP contribution in [0.1, 0.15) is 28.5 Å². The monoisotopic (exact) mass is 425 g/mol. The molecule has 2 aliphatic heterocycles. The van der Waals surface area contributed by atoms with Crippen LogP contribution in [0.25, 0.3) is 0 Å². The summed E-state index contributed by atoms with van der Waals surface area (Å²) in [7, 11) is 1.60. The molecule has 156 valence electrons. The van der Waals surface area contributed by atoms with Gasteiger partial charge in [-0.2, -0.15) is 0 Å². The number of nitrogens with zero attached hydrogens (tertiary/aromatic N) is 4. The van der Waals surface area contributed by atoms with Gasteiger partial charge in [-0.05, 0) is 30.7 Å². The van der Waals surface area contributed by atoms with Crippen LogP contribution in [-0.4, -0.2) is 60.5 Å². The average molecular weight is 426 g/mol. The lowest BCUT2D eigenvalue weighted by Gasteiger charge is -2.36. The third-order valence-electron chi connectivity index (χ3n) is 5.67. The third-order valence-corrected chi connectivity index (χ3v) is 6.14. The number of nitrogens with one attached hydrogen (secondary N) is 1. The normalized spacial score (nSPS) is 16.8. The van der Waals surface area contributed by atoms with E-state index >= 15 is 0 Å². The first-order valence-electron chi connectivity index (χ1n) is 10.0. The smallest absolute Gasteiger partial charge is 0.269 e. The van der Waals surface area contributed by atoms with Crippen LogP contribution < -0.4 is 10.2 Å². The van der Waals surface area contributed by atoms with Gasteiger partial charge >= 0.3 is 0 Å². The van der Waals surface area contributed by atoms with E-state index in [1.165, 1.54) is 0 Å². The van der Waals surface area contributed by atoms with Crippen LogP contribution in [0.4, 0.5) is 11.4 Å². The molecule has 2 aromatic rings. The second-order valence-electron chi connectivity index (χ2n) is 7.58. The van der Waals surface area contributed by atoms with Crippen molar-refractivity contribution in [3.63, 3.8) is 0 Å². The number of hydrogen-bond donors (Lipinski definition) is 1. The molecule has 2 aliphatic rings. The summed E-state index contributed by atoms with van der Waals surface area (Å²) in [6.07, 6.45) is 2.07. The zero-order chi connectivity index (χ0) is 21.3. The maximum atomic E-state index is 12.0. The largest absolute Gasteiger partial charge is 0.368 e. The lowest BCUT2D eigenvalue weighted by Crippen LogP contribution is -2.46. The Balaban J connectivity index is 1.39. The Morgan fingerprint density at radius 3 is 2.60 bits per heavy atom. The first-order valence-corrected chi connectivity index (χ1v) is 10.4. The Morgan fingerprint density at radius 1 is 1.17 bits per heavy atom. The zero-order valence-corrected chi connectivity index (χ0v) is 17.9. The van der Waals surface area contributed by atoms with Crippen molar-refractivity contribution in [3.05, 3.63) is 52.3 Å². The molecule has 0 atom stereocenters. The molecule has 0 bridgehead atoms. The first-order chi connectivity index (χ1) is 14.5. The molecule has 0 saturated carbocycles. The fourth-order valence-corrected chi connectivity index (χ4v) is 4.11. The number of fused-ring (bicyclic) bond motifs is 1. The molecule has 0 spiro atoms. The predicted molar refractivity (Wildman–Crippen MR) is 118 cm³/mol. The minimum absolute atomic E-state index is 0.0335. The highest BCUT2D eigenvalue weighted by molar-refractivity contribution is 6.42. The number of carbonyl (C=O) groups excluding carboxylic acids is 2. The second-order valence-corrected chi connectivity index (χ2v) is 7.96.